The molecule has 1 N–H and O–H groups in total. The van der Waals surface area contributed by atoms with Crippen LogP contribution in [-0.4, -0.2) is 46.2 Å². The number of pyridine rings is 1. The Morgan fingerprint density at radius 1 is 0.980 bits per heavy atom. The van der Waals surface area contributed by atoms with Crippen molar-refractivity contribution in [2.24, 2.45) is 17.3 Å². The monoisotopic (exact) mass is 675 g/mol. The minimum absolute atomic E-state index is 0.0335. The Labute approximate surface area is 291 Å². The van der Waals surface area contributed by atoms with Gasteiger partial charge in [0.2, 0.25) is 11.8 Å². The van der Waals surface area contributed by atoms with E-state index in [0.29, 0.717) is 30.9 Å². The van der Waals surface area contributed by atoms with Gasteiger partial charge < -0.3 is 14.5 Å². The van der Waals surface area contributed by atoms with Gasteiger partial charge in [0.1, 0.15) is 11.9 Å². The number of allylic oxidation sites excluding steroid dienone is 2. The molecule has 0 spiro atoms. The summed E-state index contributed by atoms with van der Waals surface area (Å²) in [6, 6.07) is 24.3. The number of carbonyl (C=O) groups excluding carboxylic acids is 3. The van der Waals surface area contributed by atoms with Crippen molar-refractivity contribution in [3.8, 4) is 11.6 Å². The fourth-order valence-corrected chi connectivity index (χ4v) is 7.62. The second kappa shape index (κ2) is 14.8. The number of ketones is 1. The van der Waals surface area contributed by atoms with E-state index < -0.39 is 23.5 Å². The number of amides is 2. The van der Waals surface area contributed by atoms with Crippen molar-refractivity contribution in [1.82, 2.24) is 15.4 Å². The Morgan fingerprint density at radius 3 is 2.68 bits per heavy atom. The summed E-state index contributed by atoms with van der Waals surface area (Å²) >= 11 is 0. The third-order valence-electron chi connectivity index (χ3n) is 10.4. The number of ether oxygens (including phenoxy) is 1. The first-order valence-electron chi connectivity index (χ1n) is 17.7. The molecule has 2 amide bonds. The third kappa shape index (κ3) is 7.42. The fourth-order valence-electron chi connectivity index (χ4n) is 7.62. The summed E-state index contributed by atoms with van der Waals surface area (Å²) in [4.78, 5) is 54.6. The first-order valence-corrected chi connectivity index (χ1v) is 17.7. The van der Waals surface area contributed by atoms with Gasteiger partial charge in [-0.2, -0.15) is 5.48 Å². The molecule has 9 heteroatoms. The highest BCUT2D eigenvalue weighted by Gasteiger charge is 2.61. The van der Waals surface area contributed by atoms with E-state index in [1.807, 2.05) is 54.6 Å². The van der Waals surface area contributed by atoms with E-state index in [2.05, 4.69) is 22.6 Å². The quantitative estimate of drug-likeness (QED) is 0.165. The standard InChI is InChI=1S/C41H42FN3O5/c42-32-16-11-12-28(23-32)22-30-14-5-2-1-3-6-15-31-25-41(31,40(48)44-50-33-17-7-4-8-18-33)26-37(46)36-24-34(27-45(36)39(30)47)49-38-35-19-10-9-13-29(35)20-21-43-38/h4,6-13,15-21,23,30-31,34,36H,1-3,5,14,22,24-27H2,(H,44,48)/b15-6-/t30-,31+,34-,36+,41-/m1/s1. The number of halogens is 1. The van der Waals surface area contributed by atoms with Crippen molar-refractivity contribution in [2.75, 3.05) is 6.54 Å². The van der Waals surface area contributed by atoms with Crippen LogP contribution in [0.2, 0.25) is 0 Å². The van der Waals surface area contributed by atoms with Crippen LogP contribution in [0.1, 0.15) is 56.9 Å². The maximum Gasteiger partial charge on any atom is 0.259 e. The topological polar surface area (TPSA) is 97.8 Å². The van der Waals surface area contributed by atoms with E-state index >= 15 is 0 Å². The minimum Gasteiger partial charge on any atom is -0.472 e. The molecule has 3 aromatic carbocycles. The largest absolute Gasteiger partial charge is 0.472 e. The van der Waals surface area contributed by atoms with Gasteiger partial charge in [0.05, 0.1) is 18.0 Å². The number of hydrogen-bond donors (Lipinski definition) is 1. The molecule has 1 saturated carbocycles. The molecular formula is C41H42FN3O5. The molecule has 0 unspecified atom stereocenters. The molecule has 1 saturated heterocycles. The first-order chi connectivity index (χ1) is 24.4. The highest BCUT2D eigenvalue weighted by molar-refractivity contribution is 5.96. The van der Waals surface area contributed by atoms with Gasteiger partial charge in [-0.1, -0.05) is 73.5 Å². The van der Waals surface area contributed by atoms with E-state index in [9.17, 15) is 18.8 Å². The average molecular weight is 676 g/mol. The number of benzene rings is 3. The summed E-state index contributed by atoms with van der Waals surface area (Å²) in [5, 5.41) is 1.83. The lowest BCUT2D eigenvalue weighted by Crippen LogP contribution is -2.46. The lowest BCUT2D eigenvalue weighted by atomic mass is 9.90. The van der Waals surface area contributed by atoms with Crippen LogP contribution in [-0.2, 0) is 20.8 Å². The molecule has 1 aromatic heterocycles. The van der Waals surface area contributed by atoms with Crippen LogP contribution >= 0.6 is 0 Å². The second-order valence-corrected chi connectivity index (χ2v) is 13.9. The van der Waals surface area contributed by atoms with E-state index in [-0.39, 0.29) is 48.7 Å². The molecule has 0 bridgehead atoms. The van der Waals surface area contributed by atoms with Crippen LogP contribution in [0.3, 0.4) is 0 Å². The van der Waals surface area contributed by atoms with Gasteiger partial charge in [-0.05, 0) is 85.4 Å². The van der Waals surface area contributed by atoms with E-state index in [0.717, 1.165) is 42.0 Å². The second-order valence-electron chi connectivity index (χ2n) is 13.9. The highest BCUT2D eigenvalue weighted by atomic mass is 19.1. The van der Waals surface area contributed by atoms with E-state index in [1.54, 1.807) is 29.3 Å². The Bertz CT molecular complexity index is 1880. The molecule has 3 heterocycles. The summed E-state index contributed by atoms with van der Waals surface area (Å²) < 4.78 is 20.7. The Kier molecular flexibility index (Phi) is 9.92. The summed E-state index contributed by atoms with van der Waals surface area (Å²) in [7, 11) is 0. The van der Waals surface area contributed by atoms with Crippen molar-refractivity contribution < 1.29 is 28.3 Å². The molecule has 50 heavy (non-hydrogen) atoms. The van der Waals surface area contributed by atoms with E-state index in [1.165, 1.54) is 12.1 Å². The normalized spacial score (nSPS) is 26.2. The van der Waals surface area contributed by atoms with Crippen LogP contribution in [0.15, 0.2) is 103 Å². The molecule has 8 nitrogen and oxygen atoms in total. The van der Waals surface area contributed by atoms with Crippen LogP contribution in [0.25, 0.3) is 10.8 Å². The molecule has 2 fully saturated rings. The van der Waals surface area contributed by atoms with Crippen LogP contribution in [0.4, 0.5) is 4.39 Å². The number of para-hydroxylation sites is 1. The number of hydroxylamine groups is 1. The average Bonchev–Trinajstić information content (AvgIpc) is 3.66. The zero-order valence-corrected chi connectivity index (χ0v) is 28.0. The predicted octanol–water partition coefficient (Wildman–Crippen LogP) is 7.18. The van der Waals surface area contributed by atoms with Gasteiger partial charge in [-0.15, -0.1) is 0 Å². The lowest BCUT2D eigenvalue weighted by molar-refractivity contribution is -0.143. The molecule has 4 aromatic rings. The van der Waals surface area contributed by atoms with Gasteiger partial charge in [0, 0.05) is 30.3 Å². The van der Waals surface area contributed by atoms with Gasteiger partial charge >= 0.3 is 0 Å². The molecule has 0 radical (unpaired) electrons. The zero-order chi connectivity index (χ0) is 34.5. The maximum atomic E-state index is 14.6. The molecular weight excluding hydrogens is 633 g/mol. The molecule has 258 valence electrons. The number of aromatic nitrogens is 1. The van der Waals surface area contributed by atoms with Gasteiger partial charge in [0.15, 0.2) is 11.5 Å². The molecule has 5 atom stereocenters. The van der Waals surface area contributed by atoms with Crippen LogP contribution < -0.4 is 15.1 Å². The first kappa shape index (κ1) is 33.4. The number of nitrogens with one attached hydrogen (secondary N) is 1. The molecule has 2 aliphatic heterocycles. The van der Waals surface area contributed by atoms with Crippen molar-refractivity contribution in [2.45, 2.75) is 69.9 Å². The maximum absolute atomic E-state index is 14.6. The van der Waals surface area contributed by atoms with Gasteiger partial charge in [-0.25, -0.2) is 9.37 Å². The summed E-state index contributed by atoms with van der Waals surface area (Å²) in [6.07, 6.45) is 10.7. The lowest BCUT2D eigenvalue weighted by Gasteiger charge is -2.29. The SMILES string of the molecule is O=C1C[C@]2(C(=O)NOc3ccccc3)C[C@@H]2/C=C\CCCCC[C@H](Cc2cccc(F)c2)C(=O)N2C[C@H](Oc3nccc4ccccc34)C[C@@H]12. The van der Waals surface area contributed by atoms with Crippen molar-refractivity contribution in [3.63, 3.8) is 0 Å². The summed E-state index contributed by atoms with van der Waals surface area (Å²) in [5.41, 5.74) is 2.38. The number of fused-ring (bicyclic) bond motifs is 3. The Hall–Kier alpha value is -5.05. The summed E-state index contributed by atoms with van der Waals surface area (Å²) in [6.45, 7) is 0.208. The minimum atomic E-state index is -0.978. The smallest absolute Gasteiger partial charge is 0.259 e. The fraction of sp³-hybridized carbons (Fsp3) is 0.366. The highest BCUT2D eigenvalue weighted by Crippen LogP contribution is 2.57. The number of Topliss-reactive ketones (excluding diaryl/α,β-unsaturated/α-hetero) is 1. The molecule has 7 rings (SSSR count). The van der Waals surface area contributed by atoms with Crippen LogP contribution in [0.5, 0.6) is 11.6 Å². The van der Waals surface area contributed by atoms with Crippen molar-refractivity contribution >= 4 is 28.4 Å². The number of hydrogen-bond acceptors (Lipinski definition) is 6. The number of rotatable bonds is 7. The third-order valence-corrected chi connectivity index (χ3v) is 10.4. The molecule has 1 aliphatic carbocycles. The molecule has 3 aliphatic rings. The van der Waals surface area contributed by atoms with E-state index in [4.69, 9.17) is 9.57 Å². The van der Waals surface area contributed by atoms with Gasteiger partial charge in [-0.3, -0.25) is 14.4 Å². The Morgan fingerprint density at radius 2 is 1.82 bits per heavy atom. The predicted molar refractivity (Wildman–Crippen MR) is 187 cm³/mol. The summed E-state index contributed by atoms with van der Waals surface area (Å²) in [5.74, 6) is -0.622. The zero-order valence-electron chi connectivity index (χ0n) is 28.0. The van der Waals surface area contributed by atoms with Crippen molar-refractivity contribution in [3.05, 3.63) is 115 Å². The van der Waals surface area contributed by atoms with Crippen LogP contribution in [0, 0.1) is 23.1 Å². The van der Waals surface area contributed by atoms with Crippen molar-refractivity contribution in [1.29, 1.82) is 0 Å². The number of carbonyl (C=O) groups is 3. The van der Waals surface area contributed by atoms with Gasteiger partial charge in [0.25, 0.3) is 5.91 Å². The number of nitrogens with zero attached hydrogens (tertiary/aromatic N) is 2. The Balaban J connectivity index is 1.18.